The second-order valence-corrected chi connectivity index (χ2v) is 13.2. The van der Waals surface area contributed by atoms with Crippen LogP contribution in [0.4, 0.5) is 4.39 Å². The number of nitrogens with one attached hydrogen (secondary N) is 3. The summed E-state index contributed by atoms with van der Waals surface area (Å²) in [5.74, 6) is 0.842. The van der Waals surface area contributed by atoms with Crippen molar-refractivity contribution in [2.24, 2.45) is 28.9 Å². The van der Waals surface area contributed by atoms with Crippen molar-refractivity contribution in [3.63, 3.8) is 0 Å². The van der Waals surface area contributed by atoms with Crippen LogP contribution < -0.4 is 21.7 Å². The van der Waals surface area contributed by atoms with E-state index in [1.807, 2.05) is 0 Å². The Morgan fingerprint density at radius 1 is 1.23 bits per heavy atom. The SMILES string of the molecule is CC1C(C(=O)NC2CNCCC2C2CCCN(C)C2)C(N)NC2CCC(F)C[N+]13CCCC2(C)C3. The van der Waals surface area contributed by atoms with Gasteiger partial charge in [-0.25, -0.2) is 4.39 Å². The summed E-state index contributed by atoms with van der Waals surface area (Å²) in [6, 6.07) is 0.291. The number of rotatable bonds is 3. The molecule has 0 aromatic carbocycles. The first-order chi connectivity index (χ1) is 16.7. The van der Waals surface area contributed by atoms with Gasteiger partial charge in [-0.05, 0) is 83.8 Å². The van der Waals surface area contributed by atoms with E-state index in [0.29, 0.717) is 29.3 Å². The van der Waals surface area contributed by atoms with Crippen LogP contribution in [0.3, 0.4) is 0 Å². The van der Waals surface area contributed by atoms with Gasteiger partial charge in [-0.3, -0.25) is 10.1 Å². The van der Waals surface area contributed by atoms with E-state index in [2.05, 4.69) is 41.7 Å². The van der Waals surface area contributed by atoms with Crippen molar-refractivity contribution in [2.75, 3.05) is 52.9 Å². The van der Waals surface area contributed by atoms with Gasteiger partial charge in [0.15, 0.2) is 0 Å². The molecule has 1 amide bonds. The molecule has 0 saturated carbocycles. The van der Waals surface area contributed by atoms with E-state index < -0.39 is 12.3 Å². The molecule has 7 nitrogen and oxygen atoms in total. The van der Waals surface area contributed by atoms with Crippen LogP contribution in [0.15, 0.2) is 0 Å². The third-order valence-electron chi connectivity index (χ3n) is 10.8. The maximum atomic E-state index is 15.2. The fraction of sp³-hybridized carbons (Fsp3) is 0.963. The summed E-state index contributed by atoms with van der Waals surface area (Å²) < 4.78 is 15.9. The lowest BCUT2D eigenvalue weighted by atomic mass is 9.68. The average molecular weight is 494 g/mol. The number of nitrogens with zero attached hydrogens (tertiary/aromatic N) is 2. The van der Waals surface area contributed by atoms with E-state index in [4.69, 9.17) is 5.73 Å². The normalized spacial score (nSPS) is 49.4. The Morgan fingerprint density at radius 3 is 2.86 bits per heavy atom. The molecule has 0 aromatic rings. The minimum atomic E-state index is -0.808. The summed E-state index contributed by atoms with van der Waals surface area (Å²) in [4.78, 5) is 16.5. The van der Waals surface area contributed by atoms with Gasteiger partial charge in [-0.15, -0.1) is 0 Å². The molecule has 10 atom stereocenters. The number of hydrogen-bond donors (Lipinski definition) is 4. The number of nitrogens with two attached hydrogens (primary N) is 1. The zero-order chi connectivity index (χ0) is 24.8. The van der Waals surface area contributed by atoms with Crippen LogP contribution in [0, 0.1) is 23.2 Å². The number of halogens is 1. The molecule has 5 rings (SSSR count). The van der Waals surface area contributed by atoms with E-state index in [0.717, 1.165) is 58.4 Å². The first-order valence-electron chi connectivity index (χ1n) is 14.4. The Bertz CT molecular complexity index is 770. The van der Waals surface area contributed by atoms with Crippen molar-refractivity contribution < 1.29 is 13.7 Å². The molecule has 5 fully saturated rings. The number of likely N-dealkylation sites (tertiary alicyclic amines) is 1. The minimum Gasteiger partial charge on any atom is -0.351 e. The Kier molecular flexibility index (Phi) is 7.50. The topological polar surface area (TPSA) is 82.4 Å². The predicted octanol–water partition coefficient (Wildman–Crippen LogP) is 1.43. The lowest BCUT2D eigenvalue weighted by Crippen LogP contribution is -2.76. The molecular formula is C27H50FN6O+. The molecule has 35 heavy (non-hydrogen) atoms. The summed E-state index contributed by atoms with van der Waals surface area (Å²) >= 11 is 0. The van der Waals surface area contributed by atoms with Crippen LogP contribution in [0.5, 0.6) is 0 Å². The van der Waals surface area contributed by atoms with Crippen molar-refractivity contribution in [1.82, 2.24) is 20.9 Å². The summed E-state index contributed by atoms with van der Waals surface area (Å²) in [6.07, 6.45) is 6.04. The molecule has 0 spiro atoms. The zero-order valence-corrected chi connectivity index (χ0v) is 22.3. The van der Waals surface area contributed by atoms with Gasteiger partial charge in [-0.1, -0.05) is 6.92 Å². The summed E-state index contributed by atoms with van der Waals surface area (Å²) in [6.45, 7) is 11.1. The Labute approximate surface area is 211 Å². The molecule has 5 saturated heterocycles. The van der Waals surface area contributed by atoms with Gasteiger partial charge in [0.25, 0.3) is 0 Å². The average Bonchev–Trinajstić information content (AvgIpc) is 2.81. The van der Waals surface area contributed by atoms with Crippen molar-refractivity contribution in [2.45, 2.75) is 89.3 Å². The van der Waals surface area contributed by atoms with Crippen molar-refractivity contribution in [3.8, 4) is 0 Å². The monoisotopic (exact) mass is 493 g/mol. The third kappa shape index (κ3) is 5.02. The van der Waals surface area contributed by atoms with E-state index in [9.17, 15) is 4.79 Å². The molecule has 5 heterocycles. The maximum Gasteiger partial charge on any atom is 0.232 e. The summed E-state index contributed by atoms with van der Waals surface area (Å²) in [5.41, 5.74) is 6.95. The van der Waals surface area contributed by atoms with E-state index in [1.54, 1.807) is 0 Å². The lowest BCUT2D eigenvalue weighted by Gasteiger charge is -2.59. The summed E-state index contributed by atoms with van der Waals surface area (Å²) in [7, 11) is 2.22. The molecule has 10 unspecified atom stereocenters. The molecule has 0 aliphatic carbocycles. The van der Waals surface area contributed by atoms with Crippen LogP contribution in [0.25, 0.3) is 0 Å². The highest BCUT2D eigenvalue weighted by Gasteiger charge is 2.57. The fourth-order valence-electron chi connectivity index (χ4n) is 8.89. The molecule has 0 radical (unpaired) electrons. The smallest absolute Gasteiger partial charge is 0.232 e. The van der Waals surface area contributed by atoms with E-state index in [-0.39, 0.29) is 35.4 Å². The standard InChI is InChI=1S/C27H49FN6O/c1-18-24(26(35)31-22-14-30-11-9-21(22)19-6-4-12-33(3)15-19)25(29)32-23-8-7-20(28)16-34(18)13-5-10-27(23,2)17-34/h18-25,30,32H,4-17,29H2,1-3H3/p+1. The van der Waals surface area contributed by atoms with Crippen molar-refractivity contribution in [3.05, 3.63) is 0 Å². The van der Waals surface area contributed by atoms with Crippen LogP contribution in [-0.2, 0) is 4.79 Å². The van der Waals surface area contributed by atoms with Gasteiger partial charge < -0.3 is 25.8 Å². The number of carbonyl (C=O) groups excluding carboxylic acids is 1. The molecule has 3 bridgehead atoms. The van der Waals surface area contributed by atoms with Gasteiger partial charge in [0.2, 0.25) is 5.91 Å². The first kappa shape index (κ1) is 25.8. The predicted molar refractivity (Wildman–Crippen MR) is 137 cm³/mol. The maximum absolute atomic E-state index is 15.2. The van der Waals surface area contributed by atoms with Crippen LogP contribution >= 0.6 is 0 Å². The number of quaternary nitrogens is 1. The fourth-order valence-corrected chi connectivity index (χ4v) is 8.89. The van der Waals surface area contributed by atoms with Crippen molar-refractivity contribution >= 4 is 5.91 Å². The Balaban J connectivity index is 1.38. The van der Waals surface area contributed by atoms with Gasteiger partial charge in [-0.2, -0.15) is 0 Å². The van der Waals surface area contributed by atoms with E-state index >= 15 is 4.39 Å². The number of alkyl halides is 1. The minimum absolute atomic E-state index is 0.00904. The highest BCUT2D eigenvalue weighted by molar-refractivity contribution is 5.80. The highest BCUT2D eigenvalue weighted by atomic mass is 19.1. The first-order valence-corrected chi connectivity index (χ1v) is 14.4. The quantitative estimate of drug-likeness (QED) is 0.447. The largest absolute Gasteiger partial charge is 0.351 e. The number of piperidine rings is 3. The molecule has 8 heteroatoms. The lowest BCUT2D eigenvalue weighted by molar-refractivity contribution is -0.966. The molecular weight excluding hydrogens is 443 g/mol. The van der Waals surface area contributed by atoms with Gasteiger partial charge in [0, 0.05) is 30.6 Å². The molecule has 5 aliphatic heterocycles. The molecule has 5 N–H and O–H groups in total. The van der Waals surface area contributed by atoms with E-state index in [1.165, 1.54) is 19.4 Å². The van der Waals surface area contributed by atoms with Crippen LogP contribution in [-0.4, -0.2) is 98.6 Å². The molecule has 5 aliphatic rings. The second kappa shape index (κ2) is 10.2. The van der Waals surface area contributed by atoms with Gasteiger partial charge >= 0.3 is 0 Å². The Hall–Kier alpha value is -0.800. The van der Waals surface area contributed by atoms with Gasteiger partial charge in [0.05, 0.1) is 19.3 Å². The second-order valence-electron chi connectivity index (χ2n) is 13.2. The van der Waals surface area contributed by atoms with Crippen molar-refractivity contribution in [1.29, 1.82) is 0 Å². The zero-order valence-electron chi connectivity index (χ0n) is 22.3. The van der Waals surface area contributed by atoms with Crippen LogP contribution in [0.2, 0.25) is 0 Å². The third-order valence-corrected chi connectivity index (χ3v) is 10.8. The molecule has 200 valence electrons. The summed E-state index contributed by atoms with van der Waals surface area (Å²) in [5, 5.41) is 10.7. The Morgan fingerprint density at radius 2 is 2.06 bits per heavy atom. The highest BCUT2D eigenvalue weighted by Crippen LogP contribution is 2.45. The number of hydrogen-bond acceptors (Lipinski definition) is 5. The van der Waals surface area contributed by atoms with Gasteiger partial charge in [0.1, 0.15) is 24.7 Å². The van der Waals surface area contributed by atoms with Crippen LogP contribution in [0.1, 0.15) is 58.8 Å². The number of carbonyl (C=O) groups is 1. The molecule has 0 aromatic heterocycles. The number of amides is 1.